The number of anilines is 1. The zero-order valence-corrected chi connectivity index (χ0v) is 20.8. The van der Waals surface area contributed by atoms with Crippen molar-refractivity contribution in [2.45, 2.75) is 31.7 Å². The first-order valence-electron chi connectivity index (χ1n) is 12.1. The second kappa shape index (κ2) is 10.3. The number of nitrogens with zero attached hydrogens (tertiary/aromatic N) is 5. The molecule has 0 spiro atoms. The molecule has 36 heavy (non-hydrogen) atoms. The molecule has 3 aromatic rings. The third-order valence-electron chi connectivity index (χ3n) is 6.79. The molecule has 1 saturated carbocycles. The van der Waals surface area contributed by atoms with E-state index in [1.165, 1.54) is 39.3 Å². The maximum Gasteiger partial charge on any atom is 0.233 e. The van der Waals surface area contributed by atoms with Gasteiger partial charge < -0.3 is 24.4 Å². The van der Waals surface area contributed by atoms with Crippen LogP contribution in [0.25, 0.3) is 22.4 Å². The van der Waals surface area contributed by atoms with Gasteiger partial charge in [0.2, 0.25) is 5.88 Å². The summed E-state index contributed by atoms with van der Waals surface area (Å²) in [5.74, 6) is 1.91. The first kappa shape index (κ1) is 24.3. The molecule has 1 unspecified atom stereocenters. The highest BCUT2D eigenvalue weighted by Gasteiger charge is 2.35. The van der Waals surface area contributed by atoms with Crippen molar-refractivity contribution < 1.29 is 18.6 Å². The van der Waals surface area contributed by atoms with E-state index in [9.17, 15) is 0 Å². The van der Waals surface area contributed by atoms with Crippen LogP contribution in [0.3, 0.4) is 0 Å². The van der Waals surface area contributed by atoms with Crippen molar-refractivity contribution in [3.8, 4) is 34.0 Å². The second-order valence-corrected chi connectivity index (χ2v) is 9.70. The van der Waals surface area contributed by atoms with Crippen LogP contribution in [0.15, 0.2) is 36.5 Å². The molecule has 9 nitrogen and oxygen atoms in total. The zero-order chi connectivity index (χ0) is 25.1. The van der Waals surface area contributed by atoms with Crippen molar-refractivity contribution in [1.82, 2.24) is 25.7 Å². The summed E-state index contributed by atoms with van der Waals surface area (Å²) in [4.78, 5) is 2.24. The lowest BCUT2D eigenvalue weighted by Gasteiger charge is -2.26. The summed E-state index contributed by atoms with van der Waals surface area (Å²) < 4.78 is 31.3. The minimum atomic E-state index is -0.451. The summed E-state index contributed by atoms with van der Waals surface area (Å²) in [5, 5.41) is 20.4. The van der Waals surface area contributed by atoms with Crippen LogP contribution in [0.1, 0.15) is 26.2 Å². The molecule has 1 aromatic carbocycles. The molecule has 1 aliphatic heterocycles. The van der Waals surface area contributed by atoms with E-state index in [0.717, 1.165) is 37.8 Å². The highest BCUT2D eigenvalue weighted by molar-refractivity contribution is 5.75. The van der Waals surface area contributed by atoms with Crippen molar-refractivity contribution in [1.29, 1.82) is 0 Å². The third kappa shape index (κ3) is 5.39. The van der Waals surface area contributed by atoms with Gasteiger partial charge in [-0.2, -0.15) is 5.10 Å². The van der Waals surface area contributed by atoms with Crippen LogP contribution in [-0.4, -0.2) is 66.6 Å². The first-order valence-corrected chi connectivity index (χ1v) is 12.1. The fourth-order valence-corrected chi connectivity index (χ4v) is 4.46. The van der Waals surface area contributed by atoms with Gasteiger partial charge in [-0.25, -0.2) is 4.39 Å². The van der Waals surface area contributed by atoms with Gasteiger partial charge >= 0.3 is 0 Å². The smallest absolute Gasteiger partial charge is 0.233 e. The third-order valence-corrected chi connectivity index (χ3v) is 6.79. The van der Waals surface area contributed by atoms with Crippen molar-refractivity contribution >= 4 is 5.82 Å². The number of nitrogens with one attached hydrogen (secondary N) is 1. The monoisotopic (exact) mass is 494 g/mol. The Morgan fingerprint density at radius 2 is 1.97 bits per heavy atom. The van der Waals surface area contributed by atoms with Crippen molar-refractivity contribution in [2.24, 2.45) is 5.92 Å². The Kier molecular flexibility index (Phi) is 6.97. The van der Waals surface area contributed by atoms with Crippen LogP contribution in [0.4, 0.5) is 10.2 Å². The quantitative estimate of drug-likeness (QED) is 0.423. The predicted octanol–water partition coefficient (Wildman–Crippen LogP) is 3.70. The van der Waals surface area contributed by atoms with E-state index in [1.54, 1.807) is 12.1 Å². The van der Waals surface area contributed by atoms with Gasteiger partial charge in [0.25, 0.3) is 0 Å². The van der Waals surface area contributed by atoms with Gasteiger partial charge in [-0.1, -0.05) is 0 Å². The Hall–Kier alpha value is -3.37. The number of ether oxygens (including phenoxy) is 3. The fourth-order valence-electron chi connectivity index (χ4n) is 4.46. The van der Waals surface area contributed by atoms with E-state index in [2.05, 4.69) is 37.5 Å². The second-order valence-electron chi connectivity index (χ2n) is 9.70. The Morgan fingerprint density at radius 1 is 1.11 bits per heavy atom. The highest BCUT2D eigenvalue weighted by atomic mass is 19.1. The van der Waals surface area contributed by atoms with Gasteiger partial charge in [0.1, 0.15) is 11.6 Å². The van der Waals surface area contributed by atoms with E-state index in [1.807, 2.05) is 12.1 Å². The summed E-state index contributed by atoms with van der Waals surface area (Å²) >= 11 is 0. The number of benzene rings is 1. The molecule has 1 N–H and O–H groups in total. The summed E-state index contributed by atoms with van der Waals surface area (Å²) in [6.45, 7) is 5.15. The van der Waals surface area contributed by atoms with Gasteiger partial charge in [-0.3, -0.25) is 0 Å². The van der Waals surface area contributed by atoms with Crippen LogP contribution in [-0.2, 0) is 4.74 Å². The molecule has 2 aliphatic rings. The molecule has 2 aromatic heterocycles. The van der Waals surface area contributed by atoms with Gasteiger partial charge in [0.15, 0.2) is 12.6 Å². The maximum absolute atomic E-state index is 15.3. The molecular formula is C26H31FN6O3. The lowest BCUT2D eigenvalue weighted by atomic mass is 10.0. The fraction of sp³-hybridized carbons (Fsp3) is 0.462. The predicted molar refractivity (Wildman–Crippen MR) is 133 cm³/mol. The van der Waals surface area contributed by atoms with E-state index in [4.69, 9.17) is 14.2 Å². The van der Waals surface area contributed by atoms with Gasteiger partial charge in [0.05, 0.1) is 19.0 Å². The molecule has 5 rings (SSSR count). The maximum atomic E-state index is 15.3. The number of halogens is 1. The topological polar surface area (TPSA) is 94.5 Å². The number of methoxy groups -OCH3 is 2. The molecule has 190 valence electrons. The Bertz CT molecular complexity index is 1210. The van der Waals surface area contributed by atoms with Crippen LogP contribution in [0.2, 0.25) is 0 Å². The van der Waals surface area contributed by atoms with Crippen LogP contribution >= 0.6 is 0 Å². The Morgan fingerprint density at radius 3 is 2.69 bits per heavy atom. The molecule has 0 radical (unpaired) electrons. The molecule has 2 fully saturated rings. The SMILES string of the molecule is COCOc1cc(-c2cnnc(OC)c2)c(F)cc1-c1ccc(N2CCC(C)(NCC3CC3)C2)nn1. The molecule has 0 amide bonds. The molecular weight excluding hydrogens is 463 g/mol. The molecule has 1 atom stereocenters. The number of hydrogen-bond donors (Lipinski definition) is 1. The summed E-state index contributed by atoms with van der Waals surface area (Å²) in [6.07, 6.45) is 5.20. The minimum absolute atomic E-state index is 0.00170. The van der Waals surface area contributed by atoms with Crippen LogP contribution in [0.5, 0.6) is 11.6 Å². The van der Waals surface area contributed by atoms with Crippen molar-refractivity contribution in [3.63, 3.8) is 0 Å². The molecule has 1 aliphatic carbocycles. The lowest BCUT2D eigenvalue weighted by Crippen LogP contribution is -2.45. The van der Waals surface area contributed by atoms with Crippen molar-refractivity contribution in [3.05, 3.63) is 42.3 Å². The number of hydrogen-bond acceptors (Lipinski definition) is 9. The van der Waals surface area contributed by atoms with Gasteiger partial charge in [0, 0.05) is 48.5 Å². The normalized spacial score (nSPS) is 19.5. The van der Waals surface area contributed by atoms with Crippen LogP contribution < -0.4 is 19.7 Å². The largest absolute Gasteiger partial charge is 0.480 e. The average molecular weight is 495 g/mol. The zero-order valence-electron chi connectivity index (χ0n) is 20.8. The van der Waals surface area contributed by atoms with E-state index in [0.29, 0.717) is 28.1 Å². The first-order chi connectivity index (χ1) is 17.5. The van der Waals surface area contributed by atoms with Gasteiger partial charge in [-0.15, -0.1) is 15.3 Å². The number of rotatable bonds is 10. The lowest BCUT2D eigenvalue weighted by molar-refractivity contribution is 0.0515. The van der Waals surface area contributed by atoms with E-state index in [-0.39, 0.29) is 18.2 Å². The Labute approximate surface area is 210 Å². The van der Waals surface area contributed by atoms with E-state index >= 15 is 4.39 Å². The van der Waals surface area contributed by atoms with E-state index < -0.39 is 5.82 Å². The summed E-state index contributed by atoms with van der Waals surface area (Å²) in [7, 11) is 3.01. The molecule has 0 bridgehead atoms. The molecule has 3 heterocycles. The van der Waals surface area contributed by atoms with Crippen molar-refractivity contribution in [2.75, 3.05) is 45.5 Å². The molecule has 1 saturated heterocycles. The minimum Gasteiger partial charge on any atom is -0.480 e. The standard InChI is InChI=1S/C26H31FN6O3/c1-26(28-13-17-4-5-17)8-9-33(15-26)24-7-6-22(30-31-24)20-11-21(27)19(12-23(20)36-16-34-2)18-10-25(35-3)32-29-14-18/h6-7,10-12,14,17,28H,4-5,8-9,13,15-16H2,1-3H3. The van der Waals surface area contributed by atoms with Crippen LogP contribution in [0, 0.1) is 11.7 Å². The highest BCUT2D eigenvalue weighted by Crippen LogP contribution is 2.37. The Balaban J connectivity index is 1.38. The van der Waals surface area contributed by atoms with Gasteiger partial charge in [-0.05, 0) is 62.9 Å². The average Bonchev–Trinajstić information content (AvgIpc) is 3.66. The summed E-state index contributed by atoms with van der Waals surface area (Å²) in [6, 6.07) is 8.39. The molecule has 10 heteroatoms. The number of aromatic nitrogens is 4. The summed E-state index contributed by atoms with van der Waals surface area (Å²) in [5.41, 5.74) is 1.89.